The van der Waals surface area contributed by atoms with Crippen LogP contribution in [0.1, 0.15) is 27.7 Å². The van der Waals surface area contributed by atoms with Crippen LogP contribution < -0.4 is 5.14 Å². The molecule has 0 spiro atoms. The molecule has 0 aliphatic heterocycles. The largest absolute Gasteiger partial charge is 0.381 e. The van der Waals surface area contributed by atoms with E-state index in [0.29, 0.717) is 19.1 Å². The topological polar surface area (TPSA) is 69.4 Å². The summed E-state index contributed by atoms with van der Waals surface area (Å²) >= 11 is 0. The van der Waals surface area contributed by atoms with Gasteiger partial charge in [-0.2, -0.15) is 0 Å². The van der Waals surface area contributed by atoms with Crippen LogP contribution in [0.15, 0.2) is 0 Å². The number of nitrogens with two attached hydrogens (primary N) is 1. The van der Waals surface area contributed by atoms with Gasteiger partial charge in [0.25, 0.3) is 0 Å². The maximum atomic E-state index is 11.0. The summed E-state index contributed by atoms with van der Waals surface area (Å²) in [5.41, 5.74) is 0. The lowest BCUT2D eigenvalue weighted by molar-refractivity contribution is 0.0724. The van der Waals surface area contributed by atoms with E-state index in [4.69, 9.17) is 9.88 Å². The Kier molecular flexibility index (Phi) is 6.40. The highest BCUT2D eigenvalue weighted by atomic mass is 32.2. The standard InChI is InChI=1S/C10H23NO3S/c1-8(2)5-14-6-10(9(3)4)7-15(11,12)13/h8-10H,5-7H2,1-4H3,(H2,11,12,13). The Balaban J connectivity index is 4.07. The summed E-state index contributed by atoms with van der Waals surface area (Å²) in [4.78, 5) is 0. The second kappa shape index (κ2) is 6.45. The minimum atomic E-state index is -3.40. The van der Waals surface area contributed by atoms with Gasteiger partial charge in [0.15, 0.2) is 0 Å². The van der Waals surface area contributed by atoms with Crippen LogP contribution in [0.25, 0.3) is 0 Å². The molecule has 0 rings (SSSR count). The van der Waals surface area contributed by atoms with Gasteiger partial charge in [0, 0.05) is 6.61 Å². The lowest BCUT2D eigenvalue weighted by Crippen LogP contribution is -2.29. The van der Waals surface area contributed by atoms with Gasteiger partial charge in [0.1, 0.15) is 0 Å². The molecule has 1 atom stereocenters. The minimum absolute atomic E-state index is 0.00274. The molecule has 0 aromatic heterocycles. The number of sulfonamides is 1. The zero-order valence-corrected chi connectivity index (χ0v) is 10.9. The number of primary sulfonamides is 1. The highest BCUT2D eigenvalue weighted by Gasteiger charge is 2.19. The summed E-state index contributed by atoms with van der Waals surface area (Å²) in [6, 6.07) is 0. The van der Waals surface area contributed by atoms with Crippen molar-refractivity contribution >= 4 is 10.0 Å². The van der Waals surface area contributed by atoms with E-state index in [2.05, 4.69) is 13.8 Å². The van der Waals surface area contributed by atoms with Crippen molar-refractivity contribution in [3.05, 3.63) is 0 Å². The summed E-state index contributed by atoms with van der Waals surface area (Å²) in [6.07, 6.45) is 0. The van der Waals surface area contributed by atoms with Gasteiger partial charge in [0.05, 0.1) is 12.4 Å². The van der Waals surface area contributed by atoms with Crippen LogP contribution in [0.5, 0.6) is 0 Å². The van der Waals surface area contributed by atoms with Gasteiger partial charge >= 0.3 is 0 Å². The van der Waals surface area contributed by atoms with Crippen LogP contribution in [-0.4, -0.2) is 27.4 Å². The third kappa shape index (κ3) is 8.84. The van der Waals surface area contributed by atoms with Crippen LogP contribution in [0.3, 0.4) is 0 Å². The van der Waals surface area contributed by atoms with Gasteiger partial charge in [-0.15, -0.1) is 0 Å². The zero-order valence-electron chi connectivity index (χ0n) is 10.1. The first-order chi connectivity index (χ1) is 6.72. The minimum Gasteiger partial charge on any atom is -0.381 e. The van der Waals surface area contributed by atoms with E-state index in [-0.39, 0.29) is 17.6 Å². The summed E-state index contributed by atoms with van der Waals surface area (Å²) in [5.74, 6) is 0.712. The number of ether oxygens (including phenoxy) is 1. The van der Waals surface area contributed by atoms with Crippen LogP contribution in [0.2, 0.25) is 0 Å². The molecule has 2 N–H and O–H groups in total. The van der Waals surface area contributed by atoms with Gasteiger partial charge in [-0.3, -0.25) is 0 Å². The molecule has 4 nitrogen and oxygen atoms in total. The van der Waals surface area contributed by atoms with E-state index in [9.17, 15) is 8.42 Å². The first kappa shape index (κ1) is 14.9. The van der Waals surface area contributed by atoms with Gasteiger partial charge < -0.3 is 4.74 Å². The molecule has 0 aromatic carbocycles. The highest BCUT2D eigenvalue weighted by molar-refractivity contribution is 7.89. The van der Waals surface area contributed by atoms with Gasteiger partial charge in [0.2, 0.25) is 10.0 Å². The van der Waals surface area contributed by atoms with E-state index < -0.39 is 10.0 Å². The van der Waals surface area contributed by atoms with Crippen molar-refractivity contribution in [2.24, 2.45) is 22.9 Å². The van der Waals surface area contributed by atoms with Crippen LogP contribution in [0.4, 0.5) is 0 Å². The Bertz CT molecular complexity index is 260. The molecular formula is C10H23NO3S. The normalized spacial score (nSPS) is 14.9. The molecule has 0 fully saturated rings. The van der Waals surface area contributed by atoms with Crippen molar-refractivity contribution in [3.8, 4) is 0 Å². The quantitative estimate of drug-likeness (QED) is 0.724. The molecule has 0 aliphatic rings. The smallest absolute Gasteiger partial charge is 0.209 e. The fourth-order valence-electron chi connectivity index (χ4n) is 1.19. The molecule has 1 unspecified atom stereocenters. The van der Waals surface area contributed by atoms with Gasteiger partial charge in [-0.05, 0) is 17.8 Å². The Morgan fingerprint density at radius 1 is 1.13 bits per heavy atom. The van der Waals surface area contributed by atoms with Gasteiger partial charge in [-0.25, -0.2) is 13.6 Å². The SMILES string of the molecule is CC(C)COCC(CS(N)(=O)=O)C(C)C. The second-order valence-corrected chi connectivity index (χ2v) is 6.42. The average molecular weight is 237 g/mol. The average Bonchev–Trinajstić information content (AvgIpc) is 1.99. The summed E-state index contributed by atoms with van der Waals surface area (Å²) in [6.45, 7) is 9.21. The van der Waals surface area contributed by atoms with Crippen LogP contribution in [-0.2, 0) is 14.8 Å². The van der Waals surface area contributed by atoms with Gasteiger partial charge in [-0.1, -0.05) is 27.7 Å². The molecule has 92 valence electrons. The number of rotatable bonds is 7. The molecule has 15 heavy (non-hydrogen) atoms. The fraction of sp³-hybridized carbons (Fsp3) is 1.00. The van der Waals surface area contributed by atoms with Crippen LogP contribution in [0, 0.1) is 17.8 Å². The van der Waals surface area contributed by atoms with Crippen molar-refractivity contribution in [2.45, 2.75) is 27.7 Å². The Labute approximate surface area is 93.2 Å². The van der Waals surface area contributed by atoms with Crippen molar-refractivity contribution in [1.29, 1.82) is 0 Å². The van der Waals surface area contributed by atoms with E-state index in [1.807, 2.05) is 13.8 Å². The number of hydrogen-bond donors (Lipinski definition) is 1. The highest BCUT2D eigenvalue weighted by Crippen LogP contribution is 2.13. The molecule has 0 radical (unpaired) electrons. The summed E-state index contributed by atoms with van der Waals surface area (Å²) in [7, 11) is -3.40. The molecule has 0 saturated carbocycles. The van der Waals surface area contributed by atoms with E-state index in [0.717, 1.165) is 0 Å². The van der Waals surface area contributed by atoms with E-state index >= 15 is 0 Å². The van der Waals surface area contributed by atoms with E-state index in [1.165, 1.54) is 0 Å². The molecule has 0 amide bonds. The maximum Gasteiger partial charge on any atom is 0.209 e. The Morgan fingerprint density at radius 3 is 2.00 bits per heavy atom. The Morgan fingerprint density at radius 2 is 1.67 bits per heavy atom. The lowest BCUT2D eigenvalue weighted by atomic mass is 9.99. The molecule has 0 aliphatic carbocycles. The molecular weight excluding hydrogens is 214 g/mol. The molecule has 0 heterocycles. The Hall–Kier alpha value is -0.130. The zero-order chi connectivity index (χ0) is 12.1. The maximum absolute atomic E-state index is 11.0. The van der Waals surface area contributed by atoms with Crippen molar-refractivity contribution in [1.82, 2.24) is 0 Å². The first-order valence-electron chi connectivity index (χ1n) is 5.30. The van der Waals surface area contributed by atoms with Crippen LogP contribution >= 0.6 is 0 Å². The fourth-order valence-corrected chi connectivity index (χ4v) is 2.26. The second-order valence-electron chi connectivity index (χ2n) is 4.76. The third-order valence-electron chi connectivity index (χ3n) is 2.17. The molecule has 0 saturated heterocycles. The first-order valence-corrected chi connectivity index (χ1v) is 7.02. The predicted octanol–water partition coefficient (Wildman–Crippen LogP) is 1.22. The molecule has 0 aromatic rings. The molecule has 5 heteroatoms. The molecule has 0 bridgehead atoms. The predicted molar refractivity (Wildman–Crippen MR) is 62.0 cm³/mol. The number of hydrogen-bond acceptors (Lipinski definition) is 3. The summed E-state index contributed by atoms with van der Waals surface area (Å²) in [5, 5.41) is 5.02. The lowest BCUT2D eigenvalue weighted by Gasteiger charge is -2.20. The van der Waals surface area contributed by atoms with Crippen molar-refractivity contribution in [3.63, 3.8) is 0 Å². The van der Waals surface area contributed by atoms with Crippen molar-refractivity contribution in [2.75, 3.05) is 19.0 Å². The monoisotopic (exact) mass is 237 g/mol. The summed E-state index contributed by atoms with van der Waals surface area (Å²) < 4.78 is 27.4. The van der Waals surface area contributed by atoms with E-state index in [1.54, 1.807) is 0 Å². The third-order valence-corrected chi connectivity index (χ3v) is 3.07. The van der Waals surface area contributed by atoms with Crippen molar-refractivity contribution < 1.29 is 13.2 Å².